The number of thiophene rings is 1. The highest BCUT2D eigenvalue weighted by molar-refractivity contribution is 7.19. The number of fused-ring (bicyclic) bond motifs is 1. The van der Waals surface area contributed by atoms with Crippen LogP contribution in [-0.4, -0.2) is 26.6 Å². The highest BCUT2D eigenvalue weighted by atomic mass is 32.1. The molecule has 2 radical (unpaired) electrons. The van der Waals surface area contributed by atoms with E-state index in [1.807, 2.05) is 0 Å². The molecule has 0 N–H and O–H groups in total. The third-order valence-electron chi connectivity index (χ3n) is 2.23. The van der Waals surface area contributed by atoms with Crippen LogP contribution < -0.4 is 5.63 Å². The molecule has 0 bridgehead atoms. The number of hydrogen-bond donors (Lipinski definition) is 0. The molecule has 5 nitrogen and oxygen atoms in total. The fourth-order valence-corrected chi connectivity index (χ4v) is 2.52. The van der Waals surface area contributed by atoms with Crippen molar-refractivity contribution in [3.63, 3.8) is 0 Å². The van der Waals surface area contributed by atoms with E-state index in [4.69, 9.17) is 12.3 Å². The van der Waals surface area contributed by atoms with Crippen LogP contribution >= 0.6 is 11.3 Å². The Morgan fingerprint density at radius 1 is 1.44 bits per heavy atom. The van der Waals surface area contributed by atoms with Crippen molar-refractivity contribution in [1.29, 1.82) is 0 Å². The molecule has 0 saturated carbocycles. The Morgan fingerprint density at radius 3 is 2.78 bits per heavy atom. The molecule has 2 aromatic rings. The first-order valence-corrected chi connectivity index (χ1v) is 5.76. The zero-order chi connectivity index (χ0) is 13.3. The van der Waals surface area contributed by atoms with E-state index in [0.29, 0.717) is 15.2 Å². The van der Waals surface area contributed by atoms with Crippen molar-refractivity contribution in [3.8, 4) is 0 Å². The molecular formula is C11H7BO5S. The number of carbonyl (C=O) groups excluding carboxylic acids is 2. The van der Waals surface area contributed by atoms with Gasteiger partial charge in [0.25, 0.3) is 0 Å². The van der Waals surface area contributed by atoms with Gasteiger partial charge in [-0.05, 0) is 12.1 Å². The van der Waals surface area contributed by atoms with Gasteiger partial charge in [0.05, 0.1) is 17.5 Å². The second-order valence-corrected chi connectivity index (χ2v) is 4.69. The molecule has 0 aliphatic carbocycles. The number of methoxy groups -OCH3 is 1. The number of hydrogen-bond acceptors (Lipinski definition) is 6. The summed E-state index contributed by atoms with van der Waals surface area (Å²) in [4.78, 5) is 34.3. The molecular weight excluding hydrogens is 255 g/mol. The Hall–Kier alpha value is -1.89. The topological polar surface area (TPSA) is 73.6 Å². The van der Waals surface area contributed by atoms with Crippen LogP contribution in [0.1, 0.15) is 15.2 Å². The Balaban J connectivity index is 2.54. The lowest BCUT2D eigenvalue weighted by Crippen LogP contribution is -2.14. The Morgan fingerprint density at radius 2 is 2.17 bits per heavy atom. The molecule has 0 fully saturated rings. The summed E-state index contributed by atoms with van der Waals surface area (Å²) in [5.74, 6) is -0.754. The van der Waals surface area contributed by atoms with Gasteiger partial charge in [-0.3, -0.25) is 0 Å². The van der Waals surface area contributed by atoms with Gasteiger partial charge >= 0.3 is 11.6 Å². The Kier molecular flexibility index (Phi) is 3.33. The third-order valence-corrected chi connectivity index (χ3v) is 3.29. The highest BCUT2D eigenvalue weighted by Gasteiger charge is 2.15. The van der Waals surface area contributed by atoms with E-state index >= 15 is 0 Å². The highest BCUT2D eigenvalue weighted by Crippen LogP contribution is 2.25. The van der Waals surface area contributed by atoms with E-state index in [1.54, 1.807) is 6.07 Å². The summed E-state index contributed by atoms with van der Waals surface area (Å²) >= 11 is 1.24. The second kappa shape index (κ2) is 4.77. The SMILES string of the molecule is [B]C(=O)Cc1cc2oc(=O)c(C(=O)OC)cc2s1. The molecule has 2 rings (SSSR count). The standard InChI is InChI=1S/C11H7BO5S/c1-16-10(14)6-4-8-7(17-11(6)15)2-5(18-8)3-9(12)13/h2,4H,3H2,1H3. The van der Waals surface area contributed by atoms with E-state index in [-0.39, 0.29) is 12.0 Å². The van der Waals surface area contributed by atoms with Gasteiger partial charge in [-0.2, -0.15) is 0 Å². The number of carbonyl (C=O) groups is 2. The van der Waals surface area contributed by atoms with Crippen molar-refractivity contribution in [2.24, 2.45) is 0 Å². The smallest absolute Gasteiger partial charge is 0.351 e. The first kappa shape index (κ1) is 12.6. The monoisotopic (exact) mass is 262 g/mol. The van der Waals surface area contributed by atoms with E-state index in [9.17, 15) is 14.4 Å². The van der Waals surface area contributed by atoms with Gasteiger partial charge in [0.1, 0.15) is 11.1 Å². The van der Waals surface area contributed by atoms with Crippen molar-refractivity contribution in [3.05, 3.63) is 33.0 Å². The van der Waals surface area contributed by atoms with Crippen molar-refractivity contribution in [2.45, 2.75) is 6.42 Å². The van der Waals surface area contributed by atoms with Gasteiger partial charge in [-0.1, -0.05) is 0 Å². The molecule has 0 unspecified atom stereocenters. The maximum Gasteiger partial charge on any atom is 0.351 e. The summed E-state index contributed by atoms with van der Waals surface area (Å²) in [6.45, 7) is 0. The molecule has 0 aliphatic rings. The van der Waals surface area contributed by atoms with Crippen LogP contribution in [0.3, 0.4) is 0 Å². The minimum atomic E-state index is -0.766. The minimum Gasteiger partial charge on any atom is -0.465 e. The van der Waals surface area contributed by atoms with Crippen LogP contribution in [0.25, 0.3) is 10.3 Å². The molecule has 18 heavy (non-hydrogen) atoms. The van der Waals surface area contributed by atoms with Crippen molar-refractivity contribution in [1.82, 2.24) is 0 Å². The van der Waals surface area contributed by atoms with Gasteiger partial charge in [-0.15, -0.1) is 11.3 Å². The Labute approximate surface area is 107 Å². The first-order valence-electron chi connectivity index (χ1n) is 4.94. The summed E-state index contributed by atoms with van der Waals surface area (Å²) in [6, 6.07) is 2.95. The predicted molar refractivity (Wildman–Crippen MR) is 66.2 cm³/mol. The molecule has 0 spiro atoms. The normalized spacial score (nSPS) is 10.5. The fraction of sp³-hybridized carbons (Fsp3) is 0.182. The number of rotatable bonds is 3. The van der Waals surface area contributed by atoms with Crippen molar-refractivity contribution < 1.29 is 18.7 Å². The lowest BCUT2D eigenvalue weighted by Gasteiger charge is -1.96. The molecule has 0 atom stereocenters. The largest absolute Gasteiger partial charge is 0.465 e. The van der Waals surface area contributed by atoms with E-state index in [2.05, 4.69) is 4.74 Å². The van der Waals surface area contributed by atoms with Crippen LogP contribution in [0.15, 0.2) is 21.3 Å². The Bertz CT molecular complexity index is 684. The molecule has 0 saturated heterocycles. The van der Waals surface area contributed by atoms with Gasteiger partial charge in [-0.25, -0.2) is 9.59 Å². The molecule has 2 aromatic heterocycles. The molecule has 90 valence electrons. The maximum atomic E-state index is 11.5. The van der Waals surface area contributed by atoms with Crippen LogP contribution in [0.5, 0.6) is 0 Å². The zero-order valence-corrected chi connectivity index (χ0v) is 10.2. The molecule has 0 aliphatic heterocycles. The second-order valence-electron chi connectivity index (χ2n) is 3.52. The number of esters is 1. The lowest BCUT2D eigenvalue weighted by atomic mass is 9.99. The van der Waals surface area contributed by atoms with E-state index in [0.717, 1.165) is 0 Å². The predicted octanol–water partition coefficient (Wildman–Crippen LogP) is 0.879. The van der Waals surface area contributed by atoms with E-state index in [1.165, 1.54) is 24.5 Å². The van der Waals surface area contributed by atoms with Gasteiger partial charge < -0.3 is 13.9 Å². The van der Waals surface area contributed by atoms with Crippen LogP contribution in [-0.2, 0) is 16.0 Å². The molecule has 2 heterocycles. The summed E-state index contributed by atoms with van der Waals surface area (Å²) < 4.78 is 10.0. The molecule has 7 heteroatoms. The van der Waals surface area contributed by atoms with Crippen LogP contribution in [0, 0.1) is 0 Å². The van der Waals surface area contributed by atoms with Crippen LogP contribution in [0.2, 0.25) is 0 Å². The molecule has 0 aromatic carbocycles. The van der Waals surface area contributed by atoms with Crippen LogP contribution in [0.4, 0.5) is 0 Å². The average Bonchev–Trinajstić information content (AvgIpc) is 2.67. The summed E-state index contributed by atoms with van der Waals surface area (Å²) in [7, 11) is 6.26. The lowest BCUT2D eigenvalue weighted by molar-refractivity contribution is -0.111. The quantitative estimate of drug-likeness (QED) is 0.606. The summed E-state index contributed by atoms with van der Waals surface area (Å²) in [5, 5.41) is 0. The molecule has 0 amide bonds. The fourth-order valence-electron chi connectivity index (χ4n) is 1.47. The van der Waals surface area contributed by atoms with Crippen molar-refractivity contribution >= 4 is 41.1 Å². The van der Waals surface area contributed by atoms with Gasteiger partial charge in [0, 0.05) is 11.3 Å². The van der Waals surface area contributed by atoms with E-state index < -0.39 is 17.3 Å². The summed E-state index contributed by atoms with van der Waals surface area (Å²) in [6.07, 6.45) is 0.0661. The maximum absolute atomic E-state index is 11.5. The van der Waals surface area contributed by atoms with Crippen molar-refractivity contribution in [2.75, 3.05) is 7.11 Å². The third kappa shape index (κ3) is 2.35. The summed E-state index contributed by atoms with van der Waals surface area (Å²) in [5.41, 5.74) is -1.08. The van der Waals surface area contributed by atoms with Gasteiger partial charge in [0.15, 0.2) is 7.85 Å². The number of ether oxygens (including phenoxy) is 1. The van der Waals surface area contributed by atoms with Gasteiger partial charge in [0.2, 0.25) is 0 Å². The first-order chi connectivity index (χ1) is 8.51. The zero-order valence-electron chi connectivity index (χ0n) is 9.39. The average molecular weight is 262 g/mol. The minimum absolute atomic E-state index is 0.0661.